The van der Waals surface area contributed by atoms with Crippen molar-refractivity contribution >= 4 is 17.7 Å². The summed E-state index contributed by atoms with van der Waals surface area (Å²) in [7, 11) is 0. The number of hydrogen-bond acceptors (Lipinski definition) is 4. The second kappa shape index (κ2) is 6.31. The minimum Gasteiger partial charge on any atom is -0.356 e. The zero-order valence-corrected chi connectivity index (χ0v) is 18.4. The highest BCUT2D eigenvalue weighted by molar-refractivity contribution is 6.00. The summed E-state index contributed by atoms with van der Waals surface area (Å²) in [4.78, 5) is 42.2. The van der Waals surface area contributed by atoms with Crippen LogP contribution in [0.15, 0.2) is 12.2 Å². The molecule has 2 saturated heterocycles. The molecule has 2 aliphatic carbocycles. The highest BCUT2D eigenvalue weighted by Crippen LogP contribution is 2.61. The van der Waals surface area contributed by atoms with Crippen LogP contribution in [0.4, 0.5) is 0 Å². The first-order chi connectivity index (χ1) is 14.1. The van der Waals surface area contributed by atoms with Crippen LogP contribution in [0, 0.1) is 11.8 Å². The Morgan fingerprint density at radius 1 is 1.10 bits per heavy atom. The lowest BCUT2D eigenvalue weighted by atomic mass is 9.70. The Morgan fingerprint density at radius 3 is 2.37 bits per heavy atom. The molecule has 1 spiro atoms. The minimum absolute atomic E-state index is 0.0654. The molecule has 4 fully saturated rings. The standard InChI is InChI=1S/C23H33N3O4/c1-21(2,3)25-19(28)17-23-12-11-22(4,30-23)15(18(27)24-13-7-5-6-8-13)16(23)20(29)26(17)14-9-10-14/h11-17H,5-10H2,1-4H3,(H,24,27)(H,25,28)/t15-,16+,17-,22+,23+/m1/s1. The number of carbonyl (C=O) groups is 3. The van der Waals surface area contributed by atoms with Gasteiger partial charge in [-0.25, -0.2) is 0 Å². The van der Waals surface area contributed by atoms with Crippen LogP contribution in [0.3, 0.4) is 0 Å². The molecular formula is C23H33N3O4. The zero-order valence-electron chi connectivity index (χ0n) is 18.4. The van der Waals surface area contributed by atoms with E-state index in [-0.39, 0.29) is 29.8 Å². The summed E-state index contributed by atoms with van der Waals surface area (Å²) in [6, 6.07) is -0.490. The van der Waals surface area contributed by atoms with Crippen LogP contribution in [-0.2, 0) is 19.1 Å². The van der Waals surface area contributed by atoms with Gasteiger partial charge in [0.2, 0.25) is 17.7 Å². The molecular weight excluding hydrogens is 382 g/mol. The van der Waals surface area contributed by atoms with Crippen LogP contribution >= 0.6 is 0 Å². The molecule has 0 unspecified atom stereocenters. The largest absolute Gasteiger partial charge is 0.356 e. The highest BCUT2D eigenvalue weighted by Gasteiger charge is 2.77. The van der Waals surface area contributed by atoms with Crippen molar-refractivity contribution in [3.05, 3.63) is 12.2 Å². The number of carbonyl (C=O) groups excluding carboxylic acids is 3. The first-order valence-corrected chi connectivity index (χ1v) is 11.4. The molecule has 2 saturated carbocycles. The maximum atomic E-state index is 13.7. The zero-order chi connectivity index (χ0) is 21.5. The third-order valence-corrected chi connectivity index (χ3v) is 7.41. The smallest absolute Gasteiger partial charge is 0.246 e. The van der Waals surface area contributed by atoms with E-state index in [1.54, 1.807) is 4.90 Å². The fourth-order valence-corrected chi connectivity index (χ4v) is 6.11. The third-order valence-electron chi connectivity index (χ3n) is 7.41. The summed E-state index contributed by atoms with van der Waals surface area (Å²) in [6.07, 6.45) is 9.82. The number of nitrogens with zero attached hydrogens (tertiary/aromatic N) is 1. The summed E-state index contributed by atoms with van der Waals surface area (Å²) in [5, 5.41) is 6.23. The van der Waals surface area contributed by atoms with Crippen molar-refractivity contribution < 1.29 is 19.1 Å². The lowest BCUT2D eigenvalue weighted by Gasteiger charge is -2.35. The van der Waals surface area contributed by atoms with Gasteiger partial charge in [0, 0.05) is 17.6 Å². The summed E-state index contributed by atoms with van der Waals surface area (Å²) in [5.74, 6) is -1.67. The van der Waals surface area contributed by atoms with Gasteiger partial charge in [0.15, 0.2) is 0 Å². The van der Waals surface area contributed by atoms with E-state index in [0.29, 0.717) is 0 Å². The van der Waals surface area contributed by atoms with Crippen molar-refractivity contribution in [3.63, 3.8) is 0 Å². The summed E-state index contributed by atoms with van der Waals surface area (Å²) in [5.41, 5.74) is -2.35. The van der Waals surface area contributed by atoms with Crippen molar-refractivity contribution in [1.29, 1.82) is 0 Å². The first kappa shape index (κ1) is 20.0. The van der Waals surface area contributed by atoms with Gasteiger partial charge in [-0.15, -0.1) is 0 Å². The maximum Gasteiger partial charge on any atom is 0.246 e. The molecule has 2 N–H and O–H groups in total. The predicted molar refractivity (Wildman–Crippen MR) is 110 cm³/mol. The van der Waals surface area contributed by atoms with Crippen LogP contribution in [0.2, 0.25) is 0 Å². The summed E-state index contributed by atoms with van der Waals surface area (Å²) < 4.78 is 6.50. The van der Waals surface area contributed by atoms with Crippen LogP contribution in [0.1, 0.15) is 66.2 Å². The van der Waals surface area contributed by atoms with Crippen molar-refractivity contribution in [2.75, 3.05) is 0 Å². The van der Waals surface area contributed by atoms with E-state index < -0.39 is 34.6 Å². The Hall–Kier alpha value is -1.89. The normalized spacial score (nSPS) is 40.2. The average Bonchev–Trinajstić information content (AvgIpc) is 3.00. The SMILES string of the molecule is CC(C)(C)NC(=O)[C@H]1N(C2CC2)C(=O)[C@@H]2[C@H](C(=O)NC3CCCC3)[C@]3(C)C=C[C@]21O3. The molecule has 7 nitrogen and oxygen atoms in total. The van der Waals surface area contributed by atoms with E-state index in [1.165, 1.54) is 0 Å². The molecule has 0 aromatic heterocycles. The molecule has 5 rings (SSSR count). The van der Waals surface area contributed by atoms with Gasteiger partial charge in [0.25, 0.3) is 0 Å². The maximum absolute atomic E-state index is 13.7. The van der Waals surface area contributed by atoms with Crippen molar-refractivity contribution in [3.8, 4) is 0 Å². The summed E-state index contributed by atoms with van der Waals surface area (Å²) >= 11 is 0. The Morgan fingerprint density at radius 2 is 1.77 bits per heavy atom. The Labute approximate surface area is 178 Å². The van der Waals surface area contributed by atoms with Gasteiger partial charge in [-0.3, -0.25) is 14.4 Å². The first-order valence-electron chi connectivity index (χ1n) is 11.4. The number of amides is 3. The topological polar surface area (TPSA) is 87.7 Å². The Kier molecular flexibility index (Phi) is 4.22. The molecule has 3 heterocycles. The van der Waals surface area contributed by atoms with Gasteiger partial charge >= 0.3 is 0 Å². The Bertz CT molecular complexity index is 823. The monoisotopic (exact) mass is 415 g/mol. The van der Waals surface area contributed by atoms with Gasteiger partial charge in [-0.1, -0.05) is 25.0 Å². The fraction of sp³-hybridized carbons (Fsp3) is 0.783. The third kappa shape index (κ3) is 2.84. The van der Waals surface area contributed by atoms with E-state index in [0.717, 1.165) is 38.5 Å². The molecule has 0 aromatic rings. The molecule has 7 heteroatoms. The lowest BCUT2D eigenvalue weighted by molar-refractivity contribution is -0.146. The van der Waals surface area contributed by atoms with Gasteiger partial charge in [-0.05, 0) is 53.4 Å². The van der Waals surface area contributed by atoms with Crippen LogP contribution in [-0.4, -0.2) is 57.5 Å². The van der Waals surface area contributed by atoms with Gasteiger partial charge < -0.3 is 20.3 Å². The summed E-state index contributed by atoms with van der Waals surface area (Å²) in [6.45, 7) is 7.67. The Balaban J connectivity index is 1.50. The number of likely N-dealkylation sites (tertiary alicyclic amines) is 1. The second-order valence-electron chi connectivity index (χ2n) is 11.0. The fourth-order valence-electron chi connectivity index (χ4n) is 6.11. The average molecular weight is 416 g/mol. The van der Waals surface area contributed by atoms with E-state index >= 15 is 0 Å². The van der Waals surface area contributed by atoms with Crippen molar-refractivity contribution in [1.82, 2.24) is 15.5 Å². The number of nitrogens with one attached hydrogen (secondary N) is 2. The molecule has 3 aliphatic heterocycles. The molecule has 5 atom stereocenters. The van der Waals surface area contributed by atoms with E-state index in [9.17, 15) is 14.4 Å². The van der Waals surface area contributed by atoms with Gasteiger partial charge in [-0.2, -0.15) is 0 Å². The number of fused-ring (bicyclic) bond motifs is 1. The number of rotatable bonds is 4. The highest BCUT2D eigenvalue weighted by atomic mass is 16.5. The van der Waals surface area contributed by atoms with Gasteiger partial charge in [0.1, 0.15) is 11.6 Å². The predicted octanol–water partition coefficient (Wildman–Crippen LogP) is 1.66. The van der Waals surface area contributed by atoms with Crippen LogP contribution in [0.25, 0.3) is 0 Å². The van der Waals surface area contributed by atoms with Crippen molar-refractivity contribution in [2.24, 2.45) is 11.8 Å². The molecule has 0 aromatic carbocycles. The second-order valence-corrected chi connectivity index (χ2v) is 11.0. The molecule has 30 heavy (non-hydrogen) atoms. The minimum atomic E-state index is -1.07. The molecule has 3 amide bonds. The molecule has 0 radical (unpaired) electrons. The van der Waals surface area contributed by atoms with Gasteiger partial charge in [0.05, 0.1) is 17.4 Å². The van der Waals surface area contributed by atoms with E-state index in [4.69, 9.17) is 4.74 Å². The number of hydrogen-bond donors (Lipinski definition) is 2. The molecule has 2 bridgehead atoms. The quantitative estimate of drug-likeness (QED) is 0.684. The van der Waals surface area contributed by atoms with Crippen molar-refractivity contribution in [2.45, 2.75) is 101 Å². The van der Waals surface area contributed by atoms with Crippen LogP contribution in [0.5, 0.6) is 0 Å². The molecule has 164 valence electrons. The molecule has 5 aliphatic rings. The van der Waals surface area contributed by atoms with Crippen LogP contribution < -0.4 is 10.6 Å². The lowest BCUT2D eigenvalue weighted by Crippen LogP contribution is -2.58. The van der Waals surface area contributed by atoms with E-state index in [1.807, 2.05) is 39.8 Å². The number of ether oxygens (including phenoxy) is 1. The van der Waals surface area contributed by atoms with E-state index in [2.05, 4.69) is 10.6 Å².